The maximum Gasteiger partial charge on any atom is 0.408 e. The normalized spacial score (nSPS) is 18.6. The standard InChI is InChI=1S/C44H49N5O7/c1-47(22-6-21-45-26-39(51)35-15-17-38(50)41-36(35)16-18-40(52)46-41)43(53)32-13-11-29(12-14-32)28-56-34-10-5-9-33(25-34)42(31-7-3-2-4-8-31)49(44(54)55)37-27-48-23-19-30(37)20-24-48/h2-5,7-18,25,30,37,39,42,45,50-51H,6,19-24,26-28H2,1H3,(H,46,52)(H,54,55)/t37-,39+,42?/m0/s1. The molecule has 3 fully saturated rings. The molecule has 5 aromatic rings. The number of nitrogens with zero attached hydrogens (tertiary/aromatic N) is 3. The van der Waals surface area contributed by atoms with Crippen LogP contribution < -0.4 is 15.6 Å². The molecule has 4 heterocycles. The van der Waals surface area contributed by atoms with Gasteiger partial charge in [0.2, 0.25) is 5.56 Å². The predicted molar refractivity (Wildman–Crippen MR) is 214 cm³/mol. The first-order valence-electron chi connectivity index (χ1n) is 19.3. The number of amides is 2. The number of aliphatic hydroxyl groups is 1. The maximum absolute atomic E-state index is 13.2. The molecule has 12 nitrogen and oxygen atoms in total. The molecule has 4 aromatic carbocycles. The molecule has 0 saturated carbocycles. The summed E-state index contributed by atoms with van der Waals surface area (Å²) in [6, 6.07) is 30.4. The lowest BCUT2D eigenvalue weighted by Crippen LogP contribution is -2.59. The Kier molecular flexibility index (Phi) is 12.0. The first-order valence-corrected chi connectivity index (χ1v) is 19.3. The second kappa shape index (κ2) is 17.4. The molecule has 2 bridgehead atoms. The van der Waals surface area contributed by atoms with Crippen molar-refractivity contribution in [1.29, 1.82) is 0 Å². The van der Waals surface area contributed by atoms with Crippen LogP contribution in [-0.2, 0) is 6.61 Å². The van der Waals surface area contributed by atoms with Crippen molar-refractivity contribution in [3.63, 3.8) is 0 Å². The highest BCUT2D eigenvalue weighted by molar-refractivity contribution is 5.94. The number of pyridine rings is 1. The van der Waals surface area contributed by atoms with E-state index < -0.39 is 18.2 Å². The van der Waals surface area contributed by atoms with Gasteiger partial charge in [0.1, 0.15) is 18.1 Å². The number of fused-ring (bicyclic) bond motifs is 4. The van der Waals surface area contributed by atoms with E-state index in [9.17, 15) is 29.7 Å². The molecule has 56 heavy (non-hydrogen) atoms. The van der Waals surface area contributed by atoms with Gasteiger partial charge in [-0.05, 0) is 103 Å². The van der Waals surface area contributed by atoms with Gasteiger partial charge in [-0.2, -0.15) is 0 Å². The van der Waals surface area contributed by atoms with Crippen LogP contribution in [0.15, 0.2) is 108 Å². The van der Waals surface area contributed by atoms with Gasteiger partial charge in [0, 0.05) is 43.7 Å². The van der Waals surface area contributed by atoms with Gasteiger partial charge in [0.05, 0.1) is 23.7 Å². The molecule has 1 unspecified atom stereocenters. The average molecular weight is 760 g/mol. The van der Waals surface area contributed by atoms with E-state index >= 15 is 0 Å². The third-order valence-electron chi connectivity index (χ3n) is 11.2. The van der Waals surface area contributed by atoms with Gasteiger partial charge in [0.15, 0.2) is 0 Å². The lowest BCUT2D eigenvalue weighted by Gasteiger charge is -2.50. The summed E-state index contributed by atoms with van der Waals surface area (Å²) in [6.07, 6.45) is 0.911. The van der Waals surface area contributed by atoms with Crippen molar-refractivity contribution in [1.82, 2.24) is 25.0 Å². The molecule has 3 aliphatic rings. The van der Waals surface area contributed by atoms with Crippen molar-refractivity contribution in [3.8, 4) is 11.5 Å². The third-order valence-corrected chi connectivity index (χ3v) is 11.2. The molecular weight excluding hydrogens is 711 g/mol. The van der Waals surface area contributed by atoms with Crippen molar-refractivity contribution in [2.45, 2.75) is 44.1 Å². The number of aliphatic hydroxyl groups excluding tert-OH is 1. The molecule has 3 saturated heterocycles. The van der Waals surface area contributed by atoms with Crippen LogP contribution in [0.2, 0.25) is 0 Å². The van der Waals surface area contributed by atoms with Crippen molar-refractivity contribution in [2.75, 3.05) is 46.3 Å². The molecule has 3 aliphatic heterocycles. The lowest BCUT2D eigenvalue weighted by atomic mass is 9.81. The summed E-state index contributed by atoms with van der Waals surface area (Å²) in [5.41, 5.74) is 3.78. The number of hydrogen-bond donors (Lipinski definition) is 5. The summed E-state index contributed by atoms with van der Waals surface area (Å²) in [5.74, 6) is 0.816. The molecule has 8 rings (SSSR count). The summed E-state index contributed by atoms with van der Waals surface area (Å²) in [6.45, 7) is 4.43. The zero-order valence-electron chi connectivity index (χ0n) is 31.5. The van der Waals surface area contributed by atoms with Crippen LogP contribution in [0.3, 0.4) is 0 Å². The number of piperidine rings is 3. The van der Waals surface area contributed by atoms with Crippen molar-refractivity contribution in [3.05, 3.63) is 141 Å². The van der Waals surface area contributed by atoms with E-state index in [1.54, 1.807) is 41.1 Å². The van der Waals surface area contributed by atoms with E-state index in [1.165, 1.54) is 12.1 Å². The molecular formula is C44H49N5O7. The minimum atomic E-state index is -0.919. The van der Waals surface area contributed by atoms with E-state index in [2.05, 4.69) is 15.2 Å². The number of carbonyl (C=O) groups is 2. The second-order valence-corrected chi connectivity index (χ2v) is 14.9. The summed E-state index contributed by atoms with van der Waals surface area (Å²) in [5, 5.41) is 35.4. The minimum Gasteiger partial charge on any atom is -0.506 e. The van der Waals surface area contributed by atoms with E-state index in [0.717, 1.165) is 49.2 Å². The fourth-order valence-corrected chi connectivity index (χ4v) is 8.19. The number of carboxylic acid groups (broad SMARTS) is 1. The van der Waals surface area contributed by atoms with Gasteiger partial charge in [-0.3, -0.25) is 14.5 Å². The highest BCUT2D eigenvalue weighted by Crippen LogP contribution is 2.39. The largest absolute Gasteiger partial charge is 0.506 e. The van der Waals surface area contributed by atoms with Crippen LogP contribution in [0, 0.1) is 5.92 Å². The Morgan fingerprint density at radius 3 is 2.41 bits per heavy atom. The molecule has 0 spiro atoms. The number of benzene rings is 4. The van der Waals surface area contributed by atoms with Crippen LogP contribution >= 0.6 is 0 Å². The summed E-state index contributed by atoms with van der Waals surface area (Å²) in [7, 11) is 1.76. The Bertz CT molecular complexity index is 2190. The summed E-state index contributed by atoms with van der Waals surface area (Å²) < 4.78 is 6.23. The molecule has 12 heteroatoms. The quantitative estimate of drug-likeness (QED) is 0.0837. The number of phenols is 1. The monoisotopic (exact) mass is 759 g/mol. The number of aromatic amines is 1. The zero-order valence-corrected chi connectivity index (χ0v) is 31.5. The van der Waals surface area contributed by atoms with E-state index in [0.29, 0.717) is 47.7 Å². The van der Waals surface area contributed by atoms with Gasteiger partial charge in [-0.15, -0.1) is 0 Å². The molecule has 1 aromatic heterocycles. The van der Waals surface area contributed by atoms with Gasteiger partial charge in [0.25, 0.3) is 5.91 Å². The molecule has 3 atom stereocenters. The molecule has 0 radical (unpaired) electrons. The smallest absolute Gasteiger partial charge is 0.408 e. The van der Waals surface area contributed by atoms with Crippen LogP contribution in [0.25, 0.3) is 10.9 Å². The number of nitrogens with one attached hydrogen (secondary N) is 2. The number of aromatic nitrogens is 1. The van der Waals surface area contributed by atoms with Crippen LogP contribution in [0.4, 0.5) is 4.79 Å². The highest BCUT2D eigenvalue weighted by atomic mass is 16.5. The van der Waals surface area contributed by atoms with Crippen LogP contribution in [0.5, 0.6) is 11.5 Å². The SMILES string of the molecule is CN(CCCNC[C@@H](O)c1ccc(O)c2[nH]c(=O)ccc12)C(=O)c1ccc(COc2cccc(C(c3ccccc3)N(C(=O)O)[C@H]3CN4CCC3CC4)c2)cc1. The summed E-state index contributed by atoms with van der Waals surface area (Å²) in [4.78, 5) is 46.2. The number of phenolic OH excluding ortho intramolecular Hbond substituents is 1. The first kappa shape index (κ1) is 38.6. The molecule has 2 amide bonds. The Morgan fingerprint density at radius 1 is 0.946 bits per heavy atom. The van der Waals surface area contributed by atoms with Crippen molar-refractivity contribution < 1.29 is 29.6 Å². The Hall–Kier alpha value is -5.69. The minimum absolute atomic E-state index is 0.0577. The number of ether oxygens (including phenoxy) is 1. The Balaban J connectivity index is 0.920. The van der Waals surface area contributed by atoms with Crippen molar-refractivity contribution >= 4 is 22.9 Å². The van der Waals surface area contributed by atoms with Gasteiger partial charge < -0.3 is 40.2 Å². The van der Waals surface area contributed by atoms with E-state index in [1.807, 2.05) is 66.7 Å². The van der Waals surface area contributed by atoms with Crippen LogP contribution in [-0.4, -0.2) is 99.4 Å². The van der Waals surface area contributed by atoms with Crippen molar-refractivity contribution in [2.24, 2.45) is 5.92 Å². The fraction of sp³-hybridized carbons (Fsp3) is 0.341. The number of rotatable bonds is 15. The van der Waals surface area contributed by atoms with Gasteiger partial charge in [-0.1, -0.05) is 60.7 Å². The number of carbonyl (C=O) groups excluding carboxylic acids is 1. The van der Waals surface area contributed by atoms with Gasteiger partial charge in [-0.25, -0.2) is 4.79 Å². The lowest BCUT2D eigenvalue weighted by molar-refractivity contribution is -0.000814. The van der Waals surface area contributed by atoms with E-state index in [4.69, 9.17) is 4.74 Å². The van der Waals surface area contributed by atoms with Gasteiger partial charge >= 0.3 is 6.09 Å². The average Bonchev–Trinajstić information content (AvgIpc) is 3.22. The second-order valence-electron chi connectivity index (χ2n) is 14.9. The number of hydrogen-bond acceptors (Lipinski definition) is 8. The Morgan fingerprint density at radius 2 is 1.70 bits per heavy atom. The predicted octanol–water partition coefficient (Wildman–Crippen LogP) is 5.76. The number of aromatic hydroxyl groups is 1. The maximum atomic E-state index is 13.2. The first-order chi connectivity index (χ1) is 27.2. The summed E-state index contributed by atoms with van der Waals surface area (Å²) >= 11 is 0. The third kappa shape index (κ3) is 8.73. The topological polar surface area (TPSA) is 159 Å². The van der Waals surface area contributed by atoms with E-state index in [-0.39, 0.29) is 41.9 Å². The highest BCUT2D eigenvalue weighted by Gasteiger charge is 2.43. The molecule has 292 valence electrons. The zero-order chi connectivity index (χ0) is 39.2. The van der Waals surface area contributed by atoms with Crippen LogP contribution in [0.1, 0.15) is 64.0 Å². The molecule has 0 aliphatic carbocycles. The fourth-order valence-electron chi connectivity index (χ4n) is 8.19. The Labute approximate surface area is 326 Å². The molecule has 5 N–H and O–H groups in total. The number of H-pyrrole nitrogens is 1.